The van der Waals surface area contributed by atoms with E-state index in [-0.39, 0.29) is 24.1 Å². The maximum atomic E-state index is 12.5. The van der Waals surface area contributed by atoms with Crippen LogP contribution in [-0.4, -0.2) is 32.3 Å². The lowest BCUT2D eigenvalue weighted by molar-refractivity contribution is -0.113. The Kier molecular flexibility index (Phi) is 8.05. The van der Waals surface area contributed by atoms with Crippen molar-refractivity contribution in [2.24, 2.45) is 0 Å². The molecule has 1 heterocycles. The van der Waals surface area contributed by atoms with Gasteiger partial charge in [0.05, 0.1) is 12.3 Å². The normalized spacial score (nSPS) is 10.9. The molecule has 0 spiro atoms. The number of thioether (sulfide) groups is 1. The van der Waals surface area contributed by atoms with Crippen molar-refractivity contribution in [1.29, 1.82) is 0 Å². The van der Waals surface area contributed by atoms with Gasteiger partial charge in [0.15, 0.2) is 11.0 Å². The Morgan fingerprint density at radius 3 is 2.50 bits per heavy atom. The minimum atomic E-state index is -0.147. The molecule has 32 heavy (non-hydrogen) atoms. The maximum absolute atomic E-state index is 12.5. The number of amides is 2. The van der Waals surface area contributed by atoms with E-state index < -0.39 is 0 Å². The molecule has 168 valence electrons. The topological polar surface area (TPSA) is 88.9 Å². The van der Waals surface area contributed by atoms with E-state index in [1.54, 1.807) is 6.07 Å². The molecule has 3 rings (SSSR count). The lowest BCUT2D eigenvalue weighted by atomic mass is 10.0. The van der Waals surface area contributed by atoms with Crippen molar-refractivity contribution in [3.63, 3.8) is 0 Å². The van der Waals surface area contributed by atoms with Gasteiger partial charge in [-0.3, -0.25) is 9.59 Å². The number of nitrogens with zero attached hydrogens (tertiary/aromatic N) is 3. The van der Waals surface area contributed by atoms with Crippen molar-refractivity contribution in [2.45, 2.75) is 51.9 Å². The molecule has 1 aromatic heterocycles. The average Bonchev–Trinajstić information content (AvgIpc) is 3.18. The summed E-state index contributed by atoms with van der Waals surface area (Å²) < 4.78 is 1.91. The molecule has 0 aliphatic heterocycles. The Hall–Kier alpha value is -3.13. The highest BCUT2D eigenvalue weighted by Gasteiger charge is 2.16. The molecule has 8 heteroatoms. The highest BCUT2D eigenvalue weighted by Crippen LogP contribution is 2.24. The molecule has 7 nitrogen and oxygen atoms in total. The van der Waals surface area contributed by atoms with Gasteiger partial charge < -0.3 is 15.2 Å². The molecule has 0 saturated carbocycles. The van der Waals surface area contributed by atoms with Crippen molar-refractivity contribution in [2.75, 3.05) is 11.1 Å². The van der Waals surface area contributed by atoms with E-state index in [4.69, 9.17) is 0 Å². The summed E-state index contributed by atoms with van der Waals surface area (Å²) in [6.45, 7) is 9.00. The van der Waals surface area contributed by atoms with Crippen molar-refractivity contribution in [1.82, 2.24) is 20.1 Å². The van der Waals surface area contributed by atoms with Crippen LogP contribution in [0.5, 0.6) is 0 Å². The number of hydrogen-bond donors (Lipinski definition) is 2. The summed E-state index contributed by atoms with van der Waals surface area (Å²) in [4.78, 5) is 25.0. The molecule has 0 saturated heterocycles. The molecule has 0 bridgehead atoms. The highest BCUT2D eigenvalue weighted by molar-refractivity contribution is 7.99. The molecule has 0 fully saturated rings. The molecule has 0 radical (unpaired) electrons. The predicted molar refractivity (Wildman–Crippen MR) is 128 cm³/mol. The SMILES string of the molecule is CCn1c(CNC(=O)c2ccccc2C)nnc1SCC(=O)Nc1ccccc1C(C)C. The van der Waals surface area contributed by atoms with Crippen molar-refractivity contribution in [3.8, 4) is 0 Å². The number of aryl methyl sites for hydroxylation is 1. The minimum Gasteiger partial charge on any atom is -0.345 e. The van der Waals surface area contributed by atoms with E-state index in [9.17, 15) is 9.59 Å². The van der Waals surface area contributed by atoms with Crippen LogP contribution in [0, 0.1) is 6.92 Å². The molecule has 2 amide bonds. The van der Waals surface area contributed by atoms with E-state index in [1.807, 2.05) is 60.9 Å². The molecule has 0 atom stereocenters. The number of para-hydroxylation sites is 1. The fourth-order valence-electron chi connectivity index (χ4n) is 3.39. The Morgan fingerprint density at radius 1 is 1.06 bits per heavy atom. The monoisotopic (exact) mass is 451 g/mol. The van der Waals surface area contributed by atoms with Crippen LogP contribution in [0.15, 0.2) is 53.7 Å². The summed E-state index contributed by atoms with van der Waals surface area (Å²) in [5, 5.41) is 15.0. The molecular weight excluding hydrogens is 422 g/mol. The van der Waals surface area contributed by atoms with Crippen LogP contribution in [0.1, 0.15) is 54.0 Å². The summed E-state index contributed by atoms with van der Waals surface area (Å²) in [6, 6.07) is 15.3. The van der Waals surface area contributed by atoms with Gasteiger partial charge in [-0.05, 0) is 43.0 Å². The summed E-state index contributed by atoms with van der Waals surface area (Å²) >= 11 is 1.33. The number of aromatic nitrogens is 3. The van der Waals surface area contributed by atoms with Crippen molar-refractivity contribution in [3.05, 3.63) is 71.0 Å². The Bertz CT molecular complexity index is 1090. The standard InChI is InChI=1S/C24H29N5O2S/c1-5-29-21(14-25-23(31)19-12-7-6-10-17(19)4)27-28-24(29)32-15-22(30)26-20-13-9-8-11-18(20)16(2)3/h6-13,16H,5,14-15H2,1-4H3,(H,25,31)(H,26,30). The van der Waals surface area contributed by atoms with E-state index in [0.29, 0.717) is 29.0 Å². The summed E-state index contributed by atoms with van der Waals surface area (Å²) in [5.41, 5.74) is 3.50. The van der Waals surface area contributed by atoms with E-state index in [0.717, 1.165) is 16.8 Å². The van der Waals surface area contributed by atoms with Crippen LogP contribution < -0.4 is 10.6 Å². The van der Waals surface area contributed by atoms with Gasteiger partial charge >= 0.3 is 0 Å². The average molecular weight is 452 g/mol. The first-order chi connectivity index (χ1) is 15.4. The largest absolute Gasteiger partial charge is 0.345 e. The van der Waals surface area contributed by atoms with Crippen LogP contribution in [0.3, 0.4) is 0 Å². The molecule has 0 unspecified atom stereocenters. The third-order valence-electron chi connectivity index (χ3n) is 5.10. The lowest BCUT2D eigenvalue weighted by Crippen LogP contribution is -2.25. The van der Waals surface area contributed by atoms with Crippen LogP contribution in [0.2, 0.25) is 0 Å². The third kappa shape index (κ3) is 5.76. The zero-order valence-corrected chi connectivity index (χ0v) is 19.7. The van der Waals surface area contributed by atoms with Crippen LogP contribution in [-0.2, 0) is 17.9 Å². The van der Waals surface area contributed by atoms with E-state index in [1.165, 1.54) is 11.8 Å². The number of anilines is 1. The fraction of sp³-hybridized carbons (Fsp3) is 0.333. The maximum Gasteiger partial charge on any atom is 0.251 e. The second kappa shape index (κ2) is 10.9. The molecule has 0 aliphatic carbocycles. The molecule has 0 aliphatic rings. The summed E-state index contributed by atoms with van der Waals surface area (Å²) in [7, 11) is 0. The first-order valence-electron chi connectivity index (χ1n) is 10.7. The Morgan fingerprint density at radius 2 is 1.78 bits per heavy atom. The zero-order valence-electron chi connectivity index (χ0n) is 18.9. The first kappa shape index (κ1) is 23.5. The highest BCUT2D eigenvalue weighted by atomic mass is 32.2. The molecule has 3 aromatic rings. The van der Waals surface area contributed by atoms with Crippen LogP contribution in [0.25, 0.3) is 0 Å². The third-order valence-corrected chi connectivity index (χ3v) is 6.06. The zero-order chi connectivity index (χ0) is 23.1. The van der Waals surface area contributed by atoms with Crippen LogP contribution >= 0.6 is 11.8 Å². The van der Waals surface area contributed by atoms with Gasteiger partial charge in [0.2, 0.25) is 5.91 Å². The number of rotatable bonds is 9. The first-order valence-corrected chi connectivity index (χ1v) is 11.7. The van der Waals surface area contributed by atoms with Gasteiger partial charge in [-0.25, -0.2) is 0 Å². The Balaban J connectivity index is 1.60. The quantitative estimate of drug-likeness (QED) is 0.471. The van der Waals surface area contributed by atoms with E-state index in [2.05, 4.69) is 34.7 Å². The number of nitrogens with one attached hydrogen (secondary N) is 2. The second-order valence-electron chi connectivity index (χ2n) is 7.72. The number of carbonyl (C=O) groups excluding carboxylic acids is 2. The van der Waals surface area contributed by atoms with Gasteiger partial charge in [-0.2, -0.15) is 0 Å². The van der Waals surface area contributed by atoms with Crippen molar-refractivity contribution >= 4 is 29.3 Å². The number of benzene rings is 2. The smallest absolute Gasteiger partial charge is 0.251 e. The van der Waals surface area contributed by atoms with Gasteiger partial charge in [-0.15, -0.1) is 10.2 Å². The molecular formula is C24H29N5O2S. The lowest BCUT2D eigenvalue weighted by Gasteiger charge is -2.13. The Labute approximate surface area is 193 Å². The number of carbonyl (C=O) groups is 2. The van der Waals surface area contributed by atoms with Gasteiger partial charge in [0.25, 0.3) is 5.91 Å². The van der Waals surface area contributed by atoms with Crippen molar-refractivity contribution < 1.29 is 9.59 Å². The van der Waals surface area contributed by atoms with Gasteiger partial charge in [0, 0.05) is 17.8 Å². The summed E-state index contributed by atoms with van der Waals surface area (Å²) in [6.07, 6.45) is 0. The molecule has 2 aromatic carbocycles. The fourth-order valence-corrected chi connectivity index (χ4v) is 4.21. The summed E-state index contributed by atoms with van der Waals surface area (Å²) in [5.74, 6) is 0.955. The predicted octanol–water partition coefficient (Wildman–Crippen LogP) is 4.39. The van der Waals surface area contributed by atoms with Gasteiger partial charge in [0.1, 0.15) is 0 Å². The van der Waals surface area contributed by atoms with Crippen LogP contribution in [0.4, 0.5) is 5.69 Å². The number of hydrogen-bond acceptors (Lipinski definition) is 5. The molecule has 2 N–H and O–H groups in total. The second-order valence-corrected chi connectivity index (χ2v) is 8.66. The minimum absolute atomic E-state index is 0.0943. The van der Waals surface area contributed by atoms with E-state index >= 15 is 0 Å². The van der Waals surface area contributed by atoms with Gasteiger partial charge in [-0.1, -0.05) is 62.0 Å².